The number of methoxy groups -OCH3 is 1. The van der Waals surface area contributed by atoms with E-state index in [0.29, 0.717) is 17.9 Å². The molecule has 1 amide bonds. The maximum Gasteiger partial charge on any atom is 0.224 e. The van der Waals surface area contributed by atoms with Crippen molar-refractivity contribution >= 4 is 21.4 Å². The van der Waals surface area contributed by atoms with Crippen molar-refractivity contribution in [3.8, 4) is 5.75 Å². The number of benzene rings is 2. The van der Waals surface area contributed by atoms with Gasteiger partial charge in [0.15, 0.2) is 9.84 Å². The number of carbonyl (C=O) groups excluding carboxylic acids is 1. The summed E-state index contributed by atoms with van der Waals surface area (Å²) in [5.41, 5.74) is 1.42. The zero-order valence-corrected chi connectivity index (χ0v) is 14.4. The van der Waals surface area contributed by atoms with Gasteiger partial charge in [-0.05, 0) is 36.2 Å². The first-order valence-corrected chi connectivity index (χ1v) is 9.49. The number of rotatable bonds is 8. The standard InChI is InChI=1S/C18H21NO4S/c1-23-17-11-9-16(10-12-17)19-18(20)8-5-13-24(21,22)14-15-6-3-2-4-7-15/h2-4,6-7,9-12H,5,8,13-14H2,1H3,(H,19,20). The first-order chi connectivity index (χ1) is 11.5. The molecule has 6 heteroatoms. The fourth-order valence-electron chi connectivity index (χ4n) is 2.25. The largest absolute Gasteiger partial charge is 0.497 e. The molecule has 0 saturated heterocycles. The normalized spacial score (nSPS) is 11.0. The van der Waals surface area contributed by atoms with Crippen LogP contribution in [0.2, 0.25) is 0 Å². The Morgan fingerprint density at radius 3 is 2.33 bits per heavy atom. The zero-order valence-electron chi connectivity index (χ0n) is 13.6. The van der Waals surface area contributed by atoms with Crippen molar-refractivity contribution in [2.75, 3.05) is 18.2 Å². The lowest BCUT2D eigenvalue weighted by atomic mass is 10.2. The second-order valence-electron chi connectivity index (χ2n) is 5.46. The van der Waals surface area contributed by atoms with Gasteiger partial charge in [-0.2, -0.15) is 0 Å². The number of hydrogen-bond acceptors (Lipinski definition) is 4. The Labute approximate surface area is 142 Å². The Morgan fingerprint density at radius 1 is 1.04 bits per heavy atom. The van der Waals surface area contributed by atoms with Crippen molar-refractivity contribution in [2.24, 2.45) is 0 Å². The van der Waals surface area contributed by atoms with Crippen LogP contribution in [-0.2, 0) is 20.4 Å². The summed E-state index contributed by atoms with van der Waals surface area (Å²) in [6, 6.07) is 16.0. The molecular formula is C18H21NO4S. The predicted molar refractivity (Wildman–Crippen MR) is 94.8 cm³/mol. The van der Waals surface area contributed by atoms with Crippen molar-refractivity contribution in [2.45, 2.75) is 18.6 Å². The van der Waals surface area contributed by atoms with E-state index in [1.54, 1.807) is 43.5 Å². The van der Waals surface area contributed by atoms with Gasteiger partial charge in [0.25, 0.3) is 0 Å². The van der Waals surface area contributed by atoms with Gasteiger partial charge in [-0.25, -0.2) is 8.42 Å². The molecule has 0 bridgehead atoms. The molecule has 0 radical (unpaired) electrons. The first-order valence-electron chi connectivity index (χ1n) is 7.67. The molecule has 0 aliphatic carbocycles. The van der Waals surface area contributed by atoms with Crippen LogP contribution in [-0.4, -0.2) is 27.2 Å². The third-order valence-electron chi connectivity index (χ3n) is 3.46. The molecule has 2 rings (SSSR count). The zero-order chi connectivity index (χ0) is 17.4. The summed E-state index contributed by atoms with van der Waals surface area (Å²) in [7, 11) is -1.64. The predicted octanol–water partition coefficient (Wildman–Crippen LogP) is 3.03. The van der Waals surface area contributed by atoms with Crippen molar-refractivity contribution in [3.63, 3.8) is 0 Å². The molecule has 0 spiro atoms. The summed E-state index contributed by atoms with van der Waals surface area (Å²) in [5, 5.41) is 2.74. The summed E-state index contributed by atoms with van der Waals surface area (Å²) < 4.78 is 29.2. The fourth-order valence-corrected chi connectivity index (χ4v) is 3.68. The lowest BCUT2D eigenvalue weighted by Gasteiger charge is -2.07. The van der Waals surface area contributed by atoms with Crippen molar-refractivity contribution in [1.82, 2.24) is 0 Å². The summed E-state index contributed by atoms with van der Waals surface area (Å²) in [6.07, 6.45) is 0.469. The highest BCUT2D eigenvalue weighted by atomic mass is 32.2. The quantitative estimate of drug-likeness (QED) is 0.797. The van der Waals surface area contributed by atoms with E-state index in [2.05, 4.69) is 5.32 Å². The molecular weight excluding hydrogens is 326 g/mol. The monoisotopic (exact) mass is 347 g/mol. The number of ether oxygens (including phenoxy) is 1. The van der Waals surface area contributed by atoms with E-state index in [9.17, 15) is 13.2 Å². The highest BCUT2D eigenvalue weighted by molar-refractivity contribution is 7.90. The Kier molecular flexibility index (Phi) is 6.37. The second kappa shape index (κ2) is 8.49. The van der Waals surface area contributed by atoms with Gasteiger partial charge >= 0.3 is 0 Å². The minimum absolute atomic E-state index is 0.00206. The van der Waals surface area contributed by atoms with Crippen LogP contribution in [0.1, 0.15) is 18.4 Å². The molecule has 0 heterocycles. The van der Waals surface area contributed by atoms with Gasteiger partial charge in [0.1, 0.15) is 5.75 Å². The van der Waals surface area contributed by atoms with Crippen LogP contribution >= 0.6 is 0 Å². The lowest BCUT2D eigenvalue weighted by Crippen LogP contribution is -2.15. The Balaban J connectivity index is 1.77. The van der Waals surface area contributed by atoms with Crippen LogP contribution in [0.15, 0.2) is 54.6 Å². The molecule has 2 aromatic carbocycles. The number of amides is 1. The highest BCUT2D eigenvalue weighted by Gasteiger charge is 2.13. The van der Waals surface area contributed by atoms with Gasteiger partial charge in [0.2, 0.25) is 5.91 Å². The van der Waals surface area contributed by atoms with Crippen LogP contribution in [0.5, 0.6) is 5.75 Å². The van der Waals surface area contributed by atoms with Crippen LogP contribution in [0.3, 0.4) is 0 Å². The first kappa shape index (κ1) is 18.0. The number of anilines is 1. The molecule has 0 unspecified atom stereocenters. The molecule has 0 aromatic heterocycles. The van der Waals surface area contributed by atoms with E-state index in [4.69, 9.17) is 4.74 Å². The average Bonchev–Trinajstić information content (AvgIpc) is 2.56. The summed E-state index contributed by atoms with van der Waals surface area (Å²) in [4.78, 5) is 11.9. The Bertz CT molecular complexity index is 755. The maximum absolute atomic E-state index is 12.1. The van der Waals surface area contributed by atoms with Gasteiger partial charge in [-0.15, -0.1) is 0 Å². The van der Waals surface area contributed by atoms with Crippen LogP contribution in [0.4, 0.5) is 5.69 Å². The maximum atomic E-state index is 12.1. The van der Waals surface area contributed by atoms with E-state index in [1.807, 2.05) is 18.2 Å². The molecule has 5 nitrogen and oxygen atoms in total. The fraction of sp³-hybridized carbons (Fsp3) is 0.278. The van der Waals surface area contributed by atoms with Gasteiger partial charge in [0.05, 0.1) is 18.6 Å². The van der Waals surface area contributed by atoms with Gasteiger partial charge in [-0.1, -0.05) is 30.3 Å². The third kappa shape index (κ3) is 6.04. The Morgan fingerprint density at radius 2 is 1.71 bits per heavy atom. The number of sulfone groups is 1. The van der Waals surface area contributed by atoms with Gasteiger partial charge in [-0.3, -0.25) is 4.79 Å². The average molecular weight is 347 g/mol. The van der Waals surface area contributed by atoms with Crippen LogP contribution < -0.4 is 10.1 Å². The molecule has 24 heavy (non-hydrogen) atoms. The highest BCUT2D eigenvalue weighted by Crippen LogP contribution is 2.15. The molecule has 0 aliphatic heterocycles. The van der Waals surface area contributed by atoms with Crippen LogP contribution in [0.25, 0.3) is 0 Å². The summed E-state index contributed by atoms with van der Waals surface area (Å²) in [5.74, 6) is 0.515. The molecule has 1 N–H and O–H groups in total. The van der Waals surface area contributed by atoms with E-state index >= 15 is 0 Å². The smallest absolute Gasteiger partial charge is 0.224 e. The lowest BCUT2D eigenvalue weighted by molar-refractivity contribution is -0.116. The summed E-state index contributed by atoms with van der Waals surface area (Å²) in [6.45, 7) is 0. The van der Waals surface area contributed by atoms with E-state index in [0.717, 1.165) is 5.56 Å². The Hall–Kier alpha value is -2.34. The molecule has 2 aromatic rings. The minimum Gasteiger partial charge on any atom is -0.497 e. The summed E-state index contributed by atoms with van der Waals surface area (Å²) >= 11 is 0. The SMILES string of the molecule is COc1ccc(NC(=O)CCCS(=O)(=O)Cc2ccccc2)cc1. The topological polar surface area (TPSA) is 72.5 Å². The number of carbonyl (C=O) groups is 1. The van der Waals surface area contributed by atoms with Gasteiger partial charge in [0, 0.05) is 12.1 Å². The van der Waals surface area contributed by atoms with E-state index in [-0.39, 0.29) is 23.8 Å². The molecule has 0 saturated carbocycles. The molecule has 0 aliphatic rings. The second-order valence-corrected chi connectivity index (χ2v) is 7.64. The van der Waals surface area contributed by atoms with Gasteiger partial charge < -0.3 is 10.1 Å². The number of hydrogen-bond donors (Lipinski definition) is 1. The third-order valence-corrected chi connectivity index (χ3v) is 5.15. The van der Waals surface area contributed by atoms with Crippen molar-refractivity contribution in [1.29, 1.82) is 0 Å². The van der Waals surface area contributed by atoms with Crippen LogP contribution in [0, 0.1) is 0 Å². The van der Waals surface area contributed by atoms with E-state index in [1.165, 1.54) is 0 Å². The van der Waals surface area contributed by atoms with Crippen molar-refractivity contribution in [3.05, 3.63) is 60.2 Å². The number of nitrogens with one attached hydrogen (secondary N) is 1. The minimum atomic E-state index is -3.21. The van der Waals surface area contributed by atoms with E-state index < -0.39 is 9.84 Å². The molecule has 128 valence electrons. The van der Waals surface area contributed by atoms with Crippen molar-refractivity contribution < 1.29 is 17.9 Å². The molecule has 0 fully saturated rings. The molecule has 0 atom stereocenters.